The molecule has 3 rings (SSSR count). The molecular weight excluding hydrogens is 344 g/mol. The Morgan fingerprint density at radius 1 is 0.741 bits per heavy atom. The number of ether oxygens (including phenoxy) is 4. The van der Waals surface area contributed by atoms with Crippen molar-refractivity contribution in [2.75, 3.05) is 14.2 Å². The molecule has 0 radical (unpaired) electrons. The van der Waals surface area contributed by atoms with Gasteiger partial charge in [0.05, 0.1) is 14.2 Å². The SMILES string of the molecule is COc1ccc(/C=C2\OC(C)(C)O/C(=C\c3ccc(OC)cc3)C2=O)cc1. The van der Waals surface area contributed by atoms with Crippen LogP contribution in [0, 0.1) is 0 Å². The van der Waals surface area contributed by atoms with Gasteiger partial charge in [-0.05, 0) is 47.5 Å². The normalized spacial score (nSPS) is 18.7. The fraction of sp³-hybridized carbons (Fsp3) is 0.227. The van der Waals surface area contributed by atoms with E-state index in [2.05, 4.69) is 0 Å². The zero-order chi connectivity index (χ0) is 19.4. The van der Waals surface area contributed by atoms with E-state index in [1.165, 1.54) is 0 Å². The lowest BCUT2D eigenvalue weighted by Crippen LogP contribution is -2.36. The van der Waals surface area contributed by atoms with E-state index in [4.69, 9.17) is 18.9 Å². The number of Topliss-reactive ketones (excluding diaryl/α,β-unsaturated/α-hetero) is 1. The summed E-state index contributed by atoms with van der Waals surface area (Å²) in [6.45, 7) is 3.53. The number of benzene rings is 2. The predicted octanol–water partition coefficient (Wildman–Crippen LogP) is 4.44. The minimum absolute atomic E-state index is 0.233. The van der Waals surface area contributed by atoms with E-state index >= 15 is 0 Å². The smallest absolute Gasteiger partial charge is 0.262 e. The zero-order valence-corrected chi connectivity index (χ0v) is 15.8. The monoisotopic (exact) mass is 366 g/mol. The van der Waals surface area contributed by atoms with Crippen LogP contribution in [0.4, 0.5) is 0 Å². The fourth-order valence-electron chi connectivity index (χ4n) is 2.66. The molecule has 1 saturated heterocycles. The summed E-state index contributed by atoms with van der Waals surface area (Å²) in [7, 11) is 3.22. The molecule has 0 unspecified atom stereocenters. The Morgan fingerprint density at radius 3 is 1.44 bits per heavy atom. The molecule has 0 bridgehead atoms. The van der Waals surface area contributed by atoms with Gasteiger partial charge >= 0.3 is 0 Å². The number of hydrogen-bond donors (Lipinski definition) is 0. The molecule has 0 spiro atoms. The predicted molar refractivity (Wildman–Crippen MR) is 103 cm³/mol. The topological polar surface area (TPSA) is 54.0 Å². The molecule has 1 aliphatic rings. The van der Waals surface area contributed by atoms with E-state index in [-0.39, 0.29) is 17.3 Å². The third kappa shape index (κ3) is 4.50. The van der Waals surface area contributed by atoms with E-state index in [1.807, 2.05) is 48.5 Å². The Hall–Kier alpha value is -3.21. The van der Waals surface area contributed by atoms with Crippen LogP contribution in [-0.2, 0) is 14.3 Å². The largest absolute Gasteiger partial charge is 0.497 e. The van der Waals surface area contributed by atoms with Crippen molar-refractivity contribution in [2.24, 2.45) is 0 Å². The third-order valence-corrected chi connectivity index (χ3v) is 3.99. The summed E-state index contributed by atoms with van der Waals surface area (Å²) in [4.78, 5) is 12.8. The molecule has 1 aliphatic heterocycles. The van der Waals surface area contributed by atoms with Crippen LogP contribution in [0.5, 0.6) is 11.5 Å². The molecule has 1 heterocycles. The Balaban J connectivity index is 1.92. The van der Waals surface area contributed by atoms with E-state index in [1.54, 1.807) is 40.2 Å². The quantitative estimate of drug-likeness (QED) is 0.749. The number of carbonyl (C=O) groups is 1. The molecule has 140 valence electrons. The Labute approximate surface area is 158 Å². The van der Waals surface area contributed by atoms with Gasteiger partial charge in [0.1, 0.15) is 11.5 Å². The molecule has 27 heavy (non-hydrogen) atoms. The van der Waals surface area contributed by atoms with Crippen molar-refractivity contribution >= 4 is 17.9 Å². The Kier molecular flexibility index (Phi) is 5.21. The standard InChI is InChI=1S/C22H22O5/c1-22(2)26-19(13-15-5-9-17(24-3)10-6-15)21(23)20(27-22)14-16-7-11-18(25-4)12-8-16/h5-14H,1-4H3/b19-13-,20-14-. The molecule has 5 nitrogen and oxygen atoms in total. The van der Waals surface area contributed by atoms with Crippen LogP contribution < -0.4 is 9.47 Å². The molecule has 2 aromatic rings. The minimum atomic E-state index is -0.954. The van der Waals surface area contributed by atoms with Crippen molar-refractivity contribution in [1.29, 1.82) is 0 Å². The van der Waals surface area contributed by atoms with Crippen molar-refractivity contribution in [2.45, 2.75) is 19.6 Å². The molecule has 5 heteroatoms. The van der Waals surface area contributed by atoms with Crippen molar-refractivity contribution in [3.05, 3.63) is 71.2 Å². The second-order valence-electron chi connectivity index (χ2n) is 6.50. The summed E-state index contributed by atoms with van der Waals surface area (Å²) in [5.74, 6) is 0.701. The number of ketones is 1. The van der Waals surface area contributed by atoms with Gasteiger partial charge in [-0.25, -0.2) is 0 Å². The highest BCUT2D eigenvalue weighted by atomic mass is 16.7. The molecule has 0 aromatic heterocycles. The maximum Gasteiger partial charge on any atom is 0.262 e. The zero-order valence-electron chi connectivity index (χ0n) is 15.8. The Morgan fingerprint density at radius 2 is 1.11 bits per heavy atom. The van der Waals surface area contributed by atoms with Gasteiger partial charge < -0.3 is 18.9 Å². The average molecular weight is 366 g/mol. The lowest BCUT2D eigenvalue weighted by molar-refractivity contribution is -0.189. The van der Waals surface area contributed by atoms with Crippen LogP contribution >= 0.6 is 0 Å². The van der Waals surface area contributed by atoms with Gasteiger partial charge in [-0.15, -0.1) is 0 Å². The maximum atomic E-state index is 12.8. The van der Waals surface area contributed by atoms with Crippen LogP contribution in [0.1, 0.15) is 25.0 Å². The van der Waals surface area contributed by atoms with Gasteiger partial charge in [-0.3, -0.25) is 4.79 Å². The van der Waals surface area contributed by atoms with Crippen LogP contribution in [-0.4, -0.2) is 25.8 Å². The van der Waals surface area contributed by atoms with Gasteiger partial charge in [-0.1, -0.05) is 24.3 Å². The first-order chi connectivity index (χ1) is 12.9. The molecule has 0 atom stereocenters. The molecule has 1 fully saturated rings. The summed E-state index contributed by atoms with van der Waals surface area (Å²) in [6.07, 6.45) is 3.40. The van der Waals surface area contributed by atoms with E-state index in [0.717, 1.165) is 22.6 Å². The van der Waals surface area contributed by atoms with Crippen molar-refractivity contribution in [1.82, 2.24) is 0 Å². The molecule has 0 aliphatic carbocycles. The van der Waals surface area contributed by atoms with Crippen LogP contribution in [0.15, 0.2) is 60.0 Å². The first-order valence-electron chi connectivity index (χ1n) is 8.54. The van der Waals surface area contributed by atoms with Gasteiger partial charge in [0, 0.05) is 13.8 Å². The molecule has 0 saturated carbocycles. The Bertz CT molecular complexity index is 802. The lowest BCUT2D eigenvalue weighted by Gasteiger charge is -2.33. The number of rotatable bonds is 4. The van der Waals surface area contributed by atoms with Gasteiger partial charge in [0.15, 0.2) is 11.5 Å². The van der Waals surface area contributed by atoms with Crippen LogP contribution in [0.2, 0.25) is 0 Å². The van der Waals surface area contributed by atoms with Crippen LogP contribution in [0.3, 0.4) is 0 Å². The van der Waals surface area contributed by atoms with Crippen molar-refractivity contribution < 1.29 is 23.7 Å². The van der Waals surface area contributed by atoms with E-state index < -0.39 is 5.79 Å². The number of hydrogen-bond acceptors (Lipinski definition) is 5. The summed E-state index contributed by atoms with van der Waals surface area (Å²) in [5, 5.41) is 0. The fourth-order valence-corrected chi connectivity index (χ4v) is 2.66. The summed E-state index contributed by atoms with van der Waals surface area (Å²) >= 11 is 0. The average Bonchev–Trinajstić information content (AvgIpc) is 2.66. The highest BCUT2D eigenvalue weighted by Crippen LogP contribution is 2.31. The molecule has 2 aromatic carbocycles. The lowest BCUT2D eigenvalue weighted by atomic mass is 10.1. The number of carbonyl (C=O) groups excluding carboxylic acids is 1. The van der Waals surface area contributed by atoms with Crippen molar-refractivity contribution in [3.63, 3.8) is 0 Å². The first kappa shape index (κ1) is 18.6. The number of methoxy groups -OCH3 is 2. The third-order valence-electron chi connectivity index (χ3n) is 3.99. The first-order valence-corrected chi connectivity index (χ1v) is 8.54. The van der Waals surface area contributed by atoms with Gasteiger partial charge in [-0.2, -0.15) is 0 Å². The summed E-state index contributed by atoms with van der Waals surface area (Å²) in [6, 6.07) is 14.8. The van der Waals surface area contributed by atoms with Crippen LogP contribution in [0.25, 0.3) is 12.2 Å². The summed E-state index contributed by atoms with van der Waals surface area (Å²) in [5.41, 5.74) is 1.67. The van der Waals surface area contributed by atoms with E-state index in [9.17, 15) is 4.79 Å². The second kappa shape index (κ2) is 7.58. The highest BCUT2D eigenvalue weighted by Gasteiger charge is 2.36. The highest BCUT2D eigenvalue weighted by molar-refractivity contribution is 6.11. The maximum absolute atomic E-state index is 12.8. The van der Waals surface area contributed by atoms with Gasteiger partial charge in [0.25, 0.3) is 5.78 Å². The van der Waals surface area contributed by atoms with Gasteiger partial charge in [0.2, 0.25) is 5.79 Å². The second-order valence-corrected chi connectivity index (χ2v) is 6.50. The van der Waals surface area contributed by atoms with Crippen molar-refractivity contribution in [3.8, 4) is 11.5 Å². The molecule has 0 amide bonds. The summed E-state index contributed by atoms with van der Waals surface area (Å²) < 4.78 is 21.8. The van der Waals surface area contributed by atoms with E-state index in [0.29, 0.717) is 0 Å². The molecular formula is C22H22O5. The molecule has 0 N–H and O–H groups in total. The minimum Gasteiger partial charge on any atom is -0.497 e.